The van der Waals surface area contributed by atoms with E-state index >= 15 is 0 Å². The molecule has 0 unspecified atom stereocenters. The smallest absolute Gasteiger partial charge is 0.408 e. The van der Waals surface area contributed by atoms with Gasteiger partial charge in [-0.25, -0.2) is 4.79 Å². The number of amides is 1. The third-order valence-electron chi connectivity index (χ3n) is 2.57. The largest absolute Gasteiger partial charge is 0.461 e. The zero-order chi connectivity index (χ0) is 16.3. The van der Waals surface area contributed by atoms with Crippen LogP contribution in [-0.4, -0.2) is 35.6 Å². The summed E-state index contributed by atoms with van der Waals surface area (Å²) in [5, 5.41) is 3.51. The fourth-order valence-electron chi connectivity index (χ4n) is 1.69. The van der Waals surface area contributed by atoms with Gasteiger partial charge in [0.05, 0.1) is 0 Å². The maximum atomic E-state index is 11.4. The van der Waals surface area contributed by atoms with Crippen molar-refractivity contribution in [2.75, 3.05) is 11.9 Å². The summed E-state index contributed by atoms with van der Waals surface area (Å²) in [4.78, 5) is 22.6. The molecule has 0 saturated heterocycles. The highest BCUT2D eigenvalue weighted by molar-refractivity contribution is 9.09. The van der Waals surface area contributed by atoms with Gasteiger partial charge in [0.1, 0.15) is 18.2 Å². The Balaban J connectivity index is 0.000000885. The Kier molecular flexibility index (Phi) is 10.5. The molecule has 0 aromatic carbocycles. The molecule has 0 bridgehead atoms. The average Bonchev–Trinajstić information content (AvgIpc) is 2.87. The monoisotopic (exact) mass is 365 g/mol. The third-order valence-corrected chi connectivity index (χ3v) is 3.36. The van der Waals surface area contributed by atoms with Gasteiger partial charge in [0, 0.05) is 5.33 Å². The van der Waals surface area contributed by atoms with Crippen LogP contribution in [0.15, 0.2) is 0 Å². The Morgan fingerprint density at radius 3 is 2.19 bits per heavy atom. The first-order chi connectivity index (χ1) is 9.78. The van der Waals surface area contributed by atoms with Crippen molar-refractivity contribution in [1.29, 1.82) is 0 Å². The molecule has 5 nitrogen and oxygen atoms in total. The van der Waals surface area contributed by atoms with Crippen LogP contribution < -0.4 is 5.32 Å². The highest BCUT2D eigenvalue weighted by Gasteiger charge is 2.20. The predicted octanol–water partition coefficient (Wildman–Crippen LogP) is 3.79. The lowest BCUT2D eigenvalue weighted by Gasteiger charge is -2.19. The molecule has 1 fully saturated rings. The molecular formula is C15H28BrNO4. The van der Waals surface area contributed by atoms with E-state index in [0.29, 0.717) is 0 Å². The molecule has 21 heavy (non-hydrogen) atoms. The molecule has 0 aliphatic heterocycles. The summed E-state index contributed by atoms with van der Waals surface area (Å²) >= 11 is 3.25. The summed E-state index contributed by atoms with van der Waals surface area (Å²) in [6.45, 7) is 7.30. The first-order valence-electron chi connectivity index (χ1n) is 7.50. The molecule has 0 aromatic heterocycles. The number of esters is 1. The summed E-state index contributed by atoms with van der Waals surface area (Å²) in [5.41, 5.74) is -0.556. The molecule has 0 radical (unpaired) electrons. The molecule has 1 aliphatic rings. The Morgan fingerprint density at radius 1 is 1.24 bits per heavy atom. The Labute approximate surface area is 136 Å². The summed E-state index contributed by atoms with van der Waals surface area (Å²) in [5.74, 6) is -0.400. The van der Waals surface area contributed by atoms with Gasteiger partial charge in [-0.1, -0.05) is 22.9 Å². The van der Waals surface area contributed by atoms with Crippen molar-refractivity contribution in [2.24, 2.45) is 0 Å². The van der Waals surface area contributed by atoms with Crippen molar-refractivity contribution in [1.82, 2.24) is 5.32 Å². The Hall–Kier alpha value is -0.780. The fraction of sp³-hybridized carbons (Fsp3) is 0.867. The molecule has 1 N–H and O–H groups in total. The number of carbonyl (C=O) groups excluding carboxylic acids is 2. The van der Waals surface area contributed by atoms with Gasteiger partial charge in [-0.15, -0.1) is 0 Å². The lowest BCUT2D eigenvalue weighted by molar-refractivity contribution is -0.147. The number of alkyl carbamates (subject to hydrolysis) is 1. The molecule has 1 amide bonds. The lowest BCUT2D eigenvalue weighted by Crippen LogP contribution is -2.36. The van der Waals surface area contributed by atoms with Crippen molar-refractivity contribution in [3.05, 3.63) is 0 Å². The van der Waals surface area contributed by atoms with Crippen LogP contribution in [0.2, 0.25) is 0 Å². The zero-order valence-corrected chi connectivity index (χ0v) is 15.1. The molecule has 0 heterocycles. The summed E-state index contributed by atoms with van der Waals surface area (Å²) < 4.78 is 10.2. The first-order valence-corrected chi connectivity index (χ1v) is 8.63. The molecule has 0 spiro atoms. The molecule has 1 saturated carbocycles. The summed E-state index contributed by atoms with van der Waals surface area (Å²) in [6.07, 6.45) is 4.74. The quantitative estimate of drug-likeness (QED) is 0.607. The van der Waals surface area contributed by atoms with Crippen molar-refractivity contribution < 1.29 is 19.1 Å². The van der Waals surface area contributed by atoms with Gasteiger partial charge in [-0.2, -0.15) is 0 Å². The second-order valence-electron chi connectivity index (χ2n) is 5.94. The third kappa shape index (κ3) is 12.7. The lowest BCUT2D eigenvalue weighted by atomic mass is 10.2. The number of ether oxygens (including phenoxy) is 2. The minimum Gasteiger partial charge on any atom is -0.461 e. The van der Waals surface area contributed by atoms with E-state index in [1.165, 1.54) is 6.42 Å². The second-order valence-corrected chi connectivity index (χ2v) is 6.73. The van der Waals surface area contributed by atoms with Gasteiger partial charge < -0.3 is 14.8 Å². The van der Waals surface area contributed by atoms with Crippen molar-refractivity contribution in [2.45, 2.75) is 71.5 Å². The number of hydrogen-bond donors (Lipinski definition) is 1. The minimum absolute atomic E-state index is 0.0305. The molecule has 1 rings (SSSR count). The number of halogens is 1. The van der Waals surface area contributed by atoms with E-state index in [2.05, 4.69) is 28.2 Å². The second kappa shape index (κ2) is 10.9. The van der Waals surface area contributed by atoms with Gasteiger partial charge in [0.25, 0.3) is 0 Å². The van der Waals surface area contributed by atoms with E-state index in [0.717, 1.165) is 31.0 Å². The van der Waals surface area contributed by atoms with Crippen LogP contribution in [-0.2, 0) is 14.3 Å². The van der Waals surface area contributed by atoms with E-state index in [9.17, 15) is 9.59 Å². The van der Waals surface area contributed by atoms with Gasteiger partial charge >= 0.3 is 12.1 Å². The average molecular weight is 366 g/mol. The van der Waals surface area contributed by atoms with Gasteiger partial charge in [-0.3, -0.25) is 4.79 Å². The maximum absolute atomic E-state index is 11.4. The van der Waals surface area contributed by atoms with Crippen LogP contribution in [0.4, 0.5) is 4.79 Å². The Bertz CT molecular complexity index is 307. The first kappa shape index (κ1) is 20.2. The summed E-state index contributed by atoms with van der Waals surface area (Å²) in [6, 6.07) is 0. The van der Waals surface area contributed by atoms with E-state index in [4.69, 9.17) is 9.47 Å². The molecule has 1 aliphatic carbocycles. The highest BCUT2D eigenvalue weighted by atomic mass is 79.9. The van der Waals surface area contributed by atoms with Crippen LogP contribution in [0, 0.1) is 0 Å². The van der Waals surface area contributed by atoms with Gasteiger partial charge in [-0.05, 0) is 52.9 Å². The molecule has 0 atom stereocenters. The minimum atomic E-state index is -0.596. The van der Waals surface area contributed by atoms with Crippen LogP contribution in [0.5, 0.6) is 0 Å². The number of nitrogens with one attached hydrogen (secondary N) is 1. The van der Waals surface area contributed by atoms with Gasteiger partial charge in [0.15, 0.2) is 0 Å². The Morgan fingerprint density at radius 2 is 1.76 bits per heavy atom. The van der Waals surface area contributed by atoms with Crippen LogP contribution in [0.3, 0.4) is 0 Å². The van der Waals surface area contributed by atoms with Crippen LogP contribution in [0.1, 0.15) is 59.8 Å². The van der Waals surface area contributed by atoms with Crippen molar-refractivity contribution in [3.63, 3.8) is 0 Å². The van der Waals surface area contributed by atoms with E-state index in [1.54, 1.807) is 20.8 Å². The normalized spacial score (nSPS) is 14.9. The topological polar surface area (TPSA) is 64.6 Å². The standard InChI is InChI=1S/C12H21NO4.C3H7Br/c1-12(2,3)17-11(15)13-8-10(14)16-9-6-4-5-7-9;1-2-3-4/h9H,4-8H2,1-3H3,(H,13,15);2-3H2,1H3. The fourth-order valence-corrected chi connectivity index (χ4v) is 1.69. The highest BCUT2D eigenvalue weighted by Crippen LogP contribution is 2.20. The number of rotatable bonds is 4. The summed E-state index contributed by atoms with van der Waals surface area (Å²) in [7, 11) is 0. The molecule has 6 heteroatoms. The van der Waals surface area contributed by atoms with Crippen LogP contribution >= 0.6 is 15.9 Å². The zero-order valence-electron chi connectivity index (χ0n) is 13.5. The predicted molar refractivity (Wildman–Crippen MR) is 86.7 cm³/mol. The molecular weight excluding hydrogens is 338 g/mol. The maximum Gasteiger partial charge on any atom is 0.408 e. The number of alkyl halides is 1. The van der Waals surface area contributed by atoms with Crippen molar-refractivity contribution >= 4 is 28.0 Å². The SMILES string of the molecule is CC(C)(C)OC(=O)NCC(=O)OC1CCCC1.CCCBr. The number of carbonyl (C=O) groups is 2. The van der Waals surface area contributed by atoms with E-state index in [-0.39, 0.29) is 12.6 Å². The van der Waals surface area contributed by atoms with E-state index in [1.807, 2.05) is 0 Å². The van der Waals surface area contributed by atoms with Gasteiger partial charge in [0.2, 0.25) is 0 Å². The van der Waals surface area contributed by atoms with Crippen LogP contribution in [0.25, 0.3) is 0 Å². The van der Waals surface area contributed by atoms with E-state index < -0.39 is 17.7 Å². The molecule has 0 aromatic rings. The molecule has 124 valence electrons. The number of hydrogen-bond acceptors (Lipinski definition) is 4. The van der Waals surface area contributed by atoms with Crippen molar-refractivity contribution in [3.8, 4) is 0 Å².